The van der Waals surface area contributed by atoms with Gasteiger partial charge in [0.2, 0.25) is 0 Å². The predicted molar refractivity (Wildman–Crippen MR) is 233 cm³/mol. The fourth-order valence-corrected chi connectivity index (χ4v) is 14.7. The first-order chi connectivity index (χ1) is 29.6. The van der Waals surface area contributed by atoms with Crippen molar-refractivity contribution in [2.75, 3.05) is 48.1 Å². The van der Waals surface area contributed by atoms with Crippen LogP contribution in [0.2, 0.25) is 0 Å². The van der Waals surface area contributed by atoms with Crippen molar-refractivity contribution in [2.24, 2.45) is 34.5 Å². The lowest BCUT2D eigenvalue weighted by molar-refractivity contribution is -0.318. The van der Waals surface area contributed by atoms with Crippen LogP contribution in [0.3, 0.4) is 0 Å². The van der Waals surface area contributed by atoms with Crippen molar-refractivity contribution < 1.29 is 48.2 Å². The van der Waals surface area contributed by atoms with Crippen molar-refractivity contribution >= 4 is 11.9 Å². The maximum atomic E-state index is 14.6. The number of nitrogens with zero attached hydrogens (tertiary/aromatic N) is 1. The molecule has 0 aromatic heterocycles. The van der Waals surface area contributed by atoms with Gasteiger partial charge < -0.3 is 38.6 Å². The highest BCUT2D eigenvalue weighted by Crippen LogP contribution is 2.80. The van der Waals surface area contributed by atoms with Crippen LogP contribution in [0, 0.1) is 34.5 Å². The summed E-state index contributed by atoms with van der Waals surface area (Å²) in [5.74, 6) is -2.80. The molecule has 5 aliphatic carbocycles. The van der Waals surface area contributed by atoms with E-state index in [0.717, 1.165) is 51.5 Å². The molecule has 5 saturated carbocycles. The van der Waals surface area contributed by atoms with E-state index in [4.69, 9.17) is 28.4 Å². The third-order valence-electron chi connectivity index (χ3n) is 16.7. The molecule has 2 N–H and O–H groups in total. The van der Waals surface area contributed by atoms with Gasteiger partial charge in [0.1, 0.15) is 23.9 Å². The van der Waals surface area contributed by atoms with E-state index in [-0.39, 0.29) is 36.3 Å². The van der Waals surface area contributed by atoms with E-state index in [1.54, 1.807) is 45.6 Å². The first-order valence-corrected chi connectivity index (χ1v) is 24.0. The van der Waals surface area contributed by atoms with Crippen LogP contribution in [0.5, 0.6) is 0 Å². The number of methoxy groups -OCH3 is 4. The SMILES string of the molecule is CCCCCCCC/C=C\CCCCCCCC(=O)O[C@]12[C@H]3[C@@H](OC(=O)c4ccccc4)[C@@](O)(C[C@H]3[C@@]34[C@@H](OC)CC[C@@]5(COC)CN(CC)[C@@H]3[C@@H]1[C@H](OC)[C@H]54)[C@@H](OC)[C@@H]2O. The zero-order valence-electron chi connectivity index (χ0n) is 38.1. The predicted octanol–water partition coefficient (Wildman–Crippen LogP) is 7.69. The van der Waals surface area contributed by atoms with Gasteiger partial charge in [0, 0.05) is 76.0 Å². The zero-order chi connectivity index (χ0) is 43.4. The topological polar surface area (TPSA) is 133 Å². The minimum absolute atomic E-state index is 0.112. The first kappa shape index (κ1) is 46.6. The molecule has 61 heavy (non-hydrogen) atoms. The van der Waals surface area contributed by atoms with Crippen LogP contribution in [0.1, 0.15) is 133 Å². The number of hydrogen-bond donors (Lipinski definition) is 2. The Balaban J connectivity index is 1.17. The Kier molecular flexibility index (Phi) is 15.1. The number of aliphatic hydroxyl groups is 2. The maximum Gasteiger partial charge on any atom is 0.338 e. The summed E-state index contributed by atoms with van der Waals surface area (Å²) in [6.07, 6.45) is 17.2. The molecule has 6 fully saturated rings. The summed E-state index contributed by atoms with van der Waals surface area (Å²) < 4.78 is 39.0. The third kappa shape index (κ3) is 7.75. The third-order valence-corrected chi connectivity index (χ3v) is 16.7. The van der Waals surface area contributed by atoms with E-state index in [1.807, 2.05) is 6.07 Å². The van der Waals surface area contributed by atoms with Gasteiger partial charge in [0.05, 0.1) is 24.4 Å². The molecule has 7 rings (SSSR count). The first-order valence-electron chi connectivity index (χ1n) is 24.0. The Morgan fingerprint density at radius 3 is 2.13 bits per heavy atom. The lowest BCUT2D eigenvalue weighted by atomic mass is 9.43. The molecule has 7 bridgehead atoms. The van der Waals surface area contributed by atoms with Crippen molar-refractivity contribution in [1.82, 2.24) is 4.90 Å². The number of unbranched alkanes of at least 4 members (excludes halogenated alkanes) is 11. The van der Waals surface area contributed by atoms with Crippen LogP contribution in [0.25, 0.3) is 0 Å². The average molecular weight is 852 g/mol. The fourth-order valence-electron chi connectivity index (χ4n) is 14.7. The smallest absolute Gasteiger partial charge is 0.338 e. The Morgan fingerprint density at radius 1 is 0.836 bits per heavy atom. The number of rotatable bonds is 24. The molecule has 1 spiro atoms. The molecular formula is C50H77NO10. The van der Waals surface area contributed by atoms with Crippen LogP contribution >= 0.6 is 0 Å². The van der Waals surface area contributed by atoms with Crippen molar-refractivity contribution in [3.8, 4) is 0 Å². The Morgan fingerprint density at radius 2 is 1.51 bits per heavy atom. The number of esters is 2. The minimum Gasteiger partial charge on any atom is -0.455 e. The molecule has 1 aromatic rings. The van der Waals surface area contributed by atoms with Gasteiger partial charge in [-0.3, -0.25) is 9.69 Å². The number of carbonyl (C=O) groups excluding carboxylic acids is 2. The number of piperidine rings is 1. The number of fused-ring (bicyclic) bond motifs is 2. The van der Waals surface area contributed by atoms with Crippen molar-refractivity contribution in [1.29, 1.82) is 0 Å². The van der Waals surface area contributed by atoms with Crippen molar-refractivity contribution in [3.05, 3.63) is 48.0 Å². The molecule has 0 unspecified atom stereocenters. The molecule has 11 nitrogen and oxygen atoms in total. The number of likely N-dealkylation sites (tertiary alicyclic amines) is 1. The van der Waals surface area contributed by atoms with Crippen LogP contribution in [0.15, 0.2) is 42.5 Å². The molecule has 1 heterocycles. The highest BCUT2D eigenvalue weighted by Gasteiger charge is 2.91. The molecule has 6 aliphatic rings. The number of hydrogen-bond acceptors (Lipinski definition) is 11. The second-order valence-corrected chi connectivity index (χ2v) is 19.6. The van der Waals surface area contributed by atoms with Crippen molar-refractivity contribution in [3.63, 3.8) is 0 Å². The summed E-state index contributed by atoms with van der Waals surface area (Å²) in [6.45, 7) is 6.39. The van der Waals surface area contributed by atoms with Gasteiger partial charge in [-0.25, -0.2) is 4.79 Å². The Bertz CT molecular complexity index is 1640. The lowest BCUT2D eigenvalue weighted by Crippen LogP contribution is -2.81. The van der Waals surface area contributed by atoms with Gasteiger partial charge >= 0.3 is 11.9 Å². The van der Waals surface area contributed by atoms with Gasteiger partial charge in [0.25, 0.3) is 0 Å². The van der Waals surface area contributed by atoms with Crippen molar-refractivity contribution in [2.45, 2.75) is 171 Å². The molecule has 0 amide bonds. The second-order valence-electron chi connectivity index (χ2n) is 19.6. The molecule has 1 aliphatic heterocycles. The summed E-state index contributed by atoms with van der Waals surface area (Å²) in [4.78, 5) is 31.2. The van der Waals surface area contributed by atoms with Gasteiger partial charge in [-0.05, 0) is 76.0 Å². The monoisotopic (exact) mass is 852 g/mol. The molecule has 342 valence electrons. The van der Waals surface area contributed by atoms with E-state index in [9.17, 15) is 19.8 Å². The van der Waals surface area contributed by atoms with Crippen LogP contribution < -0.4 is 0 Å². The largest absolute Gasteiger partial charge is 0.455 e. The molecular weight excluding hydrogens is 775 g/mol. The van der Waals surface area contributed by atoms with Gasteiger partial charge in [-0.2, -0.15) is 0 Å². The van der Waals surface area contributed by atoms with Crippen LogP contribution in [-0.2, 0) is 33.2 Å². The summed E-state index contributed by atoms with van der Waals surface area (Å²) in [5.41, 5.74) is -3.99. The van der Waals surface area contributed by atoms with Crippen LogP contribution in [-0.4, -0.2) is 123 Å². The lowest BCUT2D eigenvalue weighted by Gasteiger charge is -2.69. The summed E-state index contributed by atoms with van der Waals surface area (Å²) in [7, 11) is 6.72. The summed E-state index contributed by atoms with van der Waals surface area (Å²) >= 11 is 0. The summed E-state index contributed by atoms with van der Waals surface area (Å²) in [5, 5.41) is 26.1. The second kappa shape index (κ2) is 19.8. The minimum atomic E-state index is -1.78. The highest BCUT2D eigenvalue weighted by molar-refractivity contribution is 5.89. The number of ether oxygens (including phenoxy) is 6. The number of carbonyl (C=O) groups is 2. The molecule has 11 heteroatoms. The van der Waals surface area contributed by atoms with Gasteiger partial charge in [-0.1, -0.05) is 95.6 Å². The zero-order valence-corrected chi connectivity index (χ0v) is 38.1. The van der Waals surface area contributed by atoms with E-state index in [0.29, 0.717) is 25.1 Å². The number of benzene rings is 1. The van der Waals surface area contributed by atoms with E-state index >= 15 is 0 Å². The molecule has 0 radical (unpaired) electrons. The van der Waals surface area contributed by atoms with E-state index < -0.39 is 70.7 Å². The molecule has 1 aromatic carbocycles. The van der Waals surface area contributed by atoms with Crippen LogP contribution in [0.4, 0.5) is 0 Å². The molecule has 1 saturated heterocycles. The summed E-state index contributed by atoms with van der Waals surface area (Å²) in [6, 6.07) is 8.55. The quantitative estimate of drug-likeness (QED) is 0.0603. The van der Waals surface area contributed by atoms with Gasteiger partial charge in [0.15, 0.2) is 5.60 Å². The Hall–Kier alpha value is -2.38. The van der Waals surface area contributed by atoms with Gasteiger partial charge in [-0.15, -0.1) is 0 Å². The standard InChI is InChI=1S/C50H77NO10/c1-7-9-10-11-12-13-14-15-16-17-18-19-20-21-25-28-37(52)61-50-38-35(31-48(55,45(59-6)43(50)53)44(38)60-46(54)34-26-23-22-24-27-34)49-36(57-4)29-30-47(33-56-3)32-51(8-2)42(49)39(50)40(58-5)41(47)49/h15-16,22-24,26-27,35-36,38-45,53,55H,7-14,17-21,25,28-33H2,1-6H3/b16-15-/t35-,36+,38-,39+,40+,41-,42-,43+,44-,45+,47+,48+,49+,50-/m1/s1. The van der Waals surface area contributed by atoms with E-state index in [1.165, 1.54) is 52.1 Å². The average Bonchev–Trinajstić information content (AvgIpc) is 3.64. The number of aliphatic hydroxyl groups excluding tert-OH is 1. The Labute approximate surface area is 365 Å². The maximum absolute atomic E-state index is 14.6. The normalized spacial score (nSPS) is 39.5. The fraction of sp³-hybridized carbons (Fsp3) is 0.800. The number of allylic oxidation sites excluding steroid dienone is 2. The van der Waals surface area contributed by atoms with E-state index in [2.05, 4.69) is 30.9 Å². The molecule has 14 atom stereocenters. The highest BCUT2D eigenvalue weighted by atomic mass is 16.6.